The van der Waals surface area contributed by atoms with E-state index in [0.717, 1.165) is 21.9 Å². The second-order valence-corrected chi connectivity index (χ2v) is 28.5. The van der Waals surface area contributed by atoms with E-state index in [0.29, 0.717) is 94.2 Å². The third-order valence-electron chi connectivity index (χ3n) is 18.7. The molecule has 26 nitrogen and oxygen atoms in total. The standard InChI is InChI=1S/C74H86F2N14O12S2/c1-42-66(94)85-59(30-48-36-80-56-18-14-50(75)32-54(48)56)68(96)86-60(31-49-37-81-57-19-15-51(76)33-55(49)57)69(97)88-62(35-65(92)93)71(99)87-61(34-52-38-78-41-82-52)70(98)89-63(29-43-10-16-53(102-3)17-11-43)72(100)90-24-6-21-74(90,2)73(101)79-23-26-104-40-45-9-13-46-12-8-44(27-47(46)28-45)39-103-25-20-64(91)84-58(67(95)83-42)7-4-5-22-77/h8-19,27-28,32-33,36-38,41-42,58-63,80-81H,4-7,20-26,29-31,34-35,39-40,77H2,1-3H3,(H,78,82)(H,79,101)(H,83,95)(H,84,91)(H,85,94)(H,86,96)(H,87,99)(H,88,97)(H,89,98)(H,92,93)/t42-,58+,59+,60+,61+,62-,63+,74+/m1/s1. The quantitative estimate of drug-likeness (QED) is 0.0589. The second-order valence-electron chi connectivity index (χ2n) is 26.3. The molecule has 104 heavy (non-hydrogen) atoms. The van der Waals surface area contributed by atoms with Gasteiger partial charge in [0.1, 0.15) is 65.2 Å². The van der Waals surface area contributed by atoms with Crippen molar-refractivity contribution in [2.75, 3.05) is 38.2 Å². The number of hydrogen-bond donors (Lipinski definition) is 13. The highest BCUT2D eigenvalue weighted by Crippen LogP contribution is 2.32. The molecule has 3 bridgehead atoms. The summed E-state index contributed by atoms with van der Waals surface area (Å²) in [4.78, 5) is 160. The number of aliphatic carboxylic acids is 1. The molecule has 0 spiro atoms. The van der Waals surface area contributed by atoms with Crippen molar-refractivity contribution < 1.29 is 66.6 Å². The fourth-order valence-corrected chi connectivity index (χ4v) is 14.6. The van der Waals surface area contributed by atoms with E-state index in [1.807, 2.05) is 18.2 Å². The molecular weight excluding hydrogens is 1380 g/mol. The van der Waals surface area contributed by atoms with Gasteiger partial charge in [-0.15, -0.1) is 0 Å². The number of carbonyl (C=O) groups excluding carboxylic acids is 9. The van der Waals surface area contributed by atoms with Gasteiger partial charge in [-0.05, 0) is 140 Å². The minimum Gasteiger partial charge on any atom is -0.497 e. The molecule has 0 saturated carbocycles. The van der Waals surface area contributed by atoms with Gasteiger partial charge in [-0.3, -0.25) is 47.9 Å². The fourth-order valence-electron chi connectivity index (χ4n) is 12.9. The smallest absolute Gasteiger partial charge is 0.305 e. The van der Waals surface area contributed by atoms with Gasteiger partial charge in [-0.2, -0.15) is 23.5 Å². The Hall–Kier alpha value is -10.3. The van der Waals surface area contributed by atoms with Gasteiger partial charge in [0.15, 0.2) is 0 Å². The average molecular weight is 1470 g/mol. The van der Waals surface area contributed by atoms with Crippen LogP contribution in [0.3, 0.4) is 0 Å². The number of ether oxygens (including phenoxy) is 1. The number of hydrogen-bond acceptors (Lipinski definition) is 15. The summed E-state index contributed by atoms with van der Waals surface area (Å²) in [6, 6.07) is 16.0. The first-order chi connectivity index (χ1) is 50.0. The number of unbranched alkanes of at least 4 members (excludes halogenated alkanes) is 1. The lowest BCUT2D eigenvalue weighted by atomic mass is 9.95. The van der Waals surface area contributed by atoms with Crippen LogP contribution in [0.25, 0.3) is 32.6 Å². The highest BCUT2D eigenvalue weighted by molar-refractivity contribution is 7.98. The highest BCUT2D eigenvalue weighted by Gasteiger charge is 2.48. The SMILES string of the molecule is COc1ccc(C[C@@H]2NC(=O)[C@H](Cc3cnc[nH]3)NC(=O)[C@@H](CC(=O)O)NC(=O)[C@H](Cc3c[nH]c4ccc(F)cc34)NC(=O)[C@H](Cc3c[nH]c4ccc(F)cc34)NC(=O)[C@@H](C)NC(=O)[C@H](CCCCN)NC(=O)CCSCc3ccc4ccc(cc4c3)CSCCNC(=O)[C@]3(C)CCCN3C2=O)cc1. The Balaban J connectivity index is 0.979. The maximum Gasteiger partial charge on any atom is 0.305 e. The van der Waals surface area contributed by atoms with E-state index >= 15 is 23.6 Å². The van der Waals surface area contributed by atoms with Crippen molar-refractivity contribution in [3.8, 4) is 5.75 Å². The first-order valence-corrected chi connectivity index (χ1v) is 36.8. The molecular formula is C74H86F2N14O12S2. The molecule has 30 heteroatoms. The van der Waals surface area contributed by atoms with E-state index in [2.05, 4.69) is 80.7 Å². The number of fused-ring (bicyclic) bond motifs is 5. The Morgan fingerprint density at radius 3 is 1.79 bits per heavy atom. The number of nitrogens with two attached hydrogens (primary N) is 1. The molecule has 2 aliphatic heterocycles. The van der Waals surface area contributed by atoms with Crippen LogP contribution in [-0.2, 0) is 85.1 Å². The topological polar surface area (TPSA) is 386 Å². The average Bonchev–Trinajstić information content (AvgIpc) is 1.60. The predicted molar refractivity (Wildman–Crippen MR) is 391 cm³/mol. The van der Waals surface area contributed by atoms with Crippen molar-refractivity contribution in [1.29, 1.82) is 0 Å². The molecule has 0 unspecified atom stereocenters. The van der Waals surface area contributed by atoms with E-state index in [9.17, 15) is 38.3 Å². The maximum atomic E-state index is 15.2. The van der Waals surface area contributed by atoms with Crippen LogP contribution in [0.5, 0.6) is 5.75 Å². The third-order valence-corrected chi connectivity index (χ3v) is 20.7. The molecule has 1 fully saturated rings. The van der Waals surface area contributed by atoms with Crippen molar-refractivity contribution in [1.82, 2.24) is 67.4 Å². The van der Waals surface area contributed by atoms with Crippen molar-refractivity contribution in [3.05, 3.63) is 167 Å². The molecule has 8 atom stereocenters. The first kappa shape index (κ1) is 76.3. The summed E-state index contributed by atoms with van der Waals surface area (Å²) < 4.78 is 35.4. The number of aromatic nitrogens is 4. The Bertz CT molecular complexity index is 4420. The van der Waals surface area contributed by atoms with Crippen LogP contribution in [0.4, 0.5) is 8.78 Å². The fraction of sp³-hybridized carbons (Fsp3) is 0.392. The minimum absolute atomic E-state index is 0.0576. The van der Waals surface area contributed by atoms with Crippen LogP contribution in [0.1, 0.15) is 92.3 Å². The van der Waals surface area contributed by atoms with Crippen molar-refractivity contribution in [3.63, 3.8) is 0 Å². The third kappa shape index (κ3) is 20.1. The zero-order valence-corrected chi connectivity index (χ0v) is 59.4. The summed E-state index contributed by atoms with van der Waals surface area (Å²) in [5, 5.41) is 34.9. The lowest BCUT2D eigenvalue weighted by molar-refractivity contribution is -0.146. The monoisotopic (exact) mass is 1460 g/mol. The van der Waals surface area contributed by atoms with Gasteiger partial charge >= 0.3 is 5.97 Å². The summed E-state index contributed by atoms with van der Waals surface area (Å²) >= 11 is 3.16. The van der Waals surface area contributed by atoms with Gasteiger partial charge in [0.05, 0.1) is 19.9 Å². The molecule has 9 amide bonds. The van der Waals surface area contributed by atoms with Crippen LogP contribution in [0.2, 0.25) is 0 Å². The highest BCUT2D eigenvalue weighted by atomic mass is 32.2. The normalized spacial score (nSPS) is 22.5. The van der Waals surface area contributed by atoms with Gasteiger partial charge in [-0.1, -0.05) is 48.5 Å². The summed E-state index contributed by atoms with van der Waals surface area (Å²) in [5.41, 5.74) is 8.93. The zero-order valence-electron chi connectivity index (χ0n) is 57.8. The van der Waals surface area contributed by atoms with E-state index in [4.69, 9.17) is 10.5 Å². The summed E-state index contributed by atoms with van der Waals surface area (Å²) in [7, 11) is 1.49. The molecule has 5 heterocycles. The van der Waals surface area contributed by atoms with Crippen LogP contribution < -0.4 is 53.0 Å². The molecule has 550 valence electrons. The molecule has 5 aromatic carbocycles. The number of aromatic amines is 3. The molecule has 0 radical (unpaired) electrons. The summed E-state index contributed by atoms with van der Waals surface area (Å²) in [5.74, 6) is -7.54. The molecule has 2 aliphatic rings. The molecule has 3 aromatic heterocycles. The van der Waals surface area contributed by atoms with E-state index in [1.54, 1.807) is 43.0 Å². The first-order valence-electron chi connectivity index (χ1n) is 34.5. The van der Waals surface area contributed by atoms with E-state index in [1.165, 1.54) is 92.0 Å². The maximum absolute atomic E-state index is 15.2. The number of carbonyl (C=O) groups is 10. The molecule has 14 N–H and O–H groups in total. The Morgan fingerprint density at radius 2 is 1.20 bits per heavy atom. The van der Waals surface area contributed by atoms with E-state index in [-0.39, 0.29) is 56.1 Å². The van der Waals surface area contributed by atoms with Crippen molar-refractivity contribution in [2.24, 2.45) is 5.73 Å². The number of methoxy groups -OCH3 is 1. The van der Waals surface area contributed by atoms with Gasteiger partial charge in [0.25, 0.3) is 0 Å². The van der Waals surface area contributed by atoms with Gasteiger partial charge < -0.3 is 78.0 Å². The molecule has 0 aliphatic carbocycles. The van der Waals surface area contributed by atoms with Gasteiger partial charge in [-0.25, -0.2) is 13.8 Å². The molecule has 8 aromatic rings. The Kier molecular flexibility index (Phi) is 26.2. The second kappa shape index (κ2) is 35.7. The van der Waals surface area contributed by atoms with Crippen LogP contribution in [-0.4, -0.2) is 175 Å². The number of carboxylic acids is 1. The van der Waals surface area contributed by atoms with Crippen molar-refractivity contribution >= 4 is 115 Å². The lowest BCUT2D eigenvalue weighted by Crippen LogP contribution is -2.62. The summed E-state index contributed by atoms with van der Waals surface area (Å²) in [6.07, 6.45) is 5.26. The number of imidazole rings is 1. The number of rotatable bonds is 15. The summed E-state index contributed by atoms with van der Waals surface area (Å²) in [6.45, 7) is 3.78. The number of nitrogens with one attached hydrogen (secondary N) is 11. The molecule has 1 saturated heterocycles. The number of carboxylic acid groups (broad SMARTS) is 1. The number of thioether (sulfide) groups is 2. The number of amides is 9. The zero-order chi connectivity index (χ0) is 74.0. The Labute approximate surface area is 606 Å². The van der Waals surface area contributed by atoms with Gasteiger partial charge in [0, 0.05) is 114 Å². The number of benzene rings is 5. The Morgan fingerprint density at radius 1 is 0.635 bits per heavy atom. The minimum atomic E-state index is -2.01. The van der Waals surface area contributed by atoms with Gasteiger partial charge in [0.2, 0.25) is 53.2 Å². The lowest BCUT2D eigenvalue weighted by Gasteiger charge is -2.36. The van der Waals surface area contributed by atoms with Crippen LogP contribution in [0, 0.1) is 11.6 Å². The largest absolute Gasteiger partial charge is 0.497 e. The van der Waals surface area contributed by atoms with Crippen LogP contribution >= 0.6 is 23.5 Å². The number of H-pyrrole nitrogens is 3. The van der Waals surface area contributed by atoms with Crippen molar-refractivity contribution in [2.45, 2.75) is 144 Å². The number of halogens is 2. The van der Waals surface area contributed by atoms with Crippen LogP contribution in [0.15, 0.2) is 122 Å². The molecule has 10 rings (SSSR count). The van der Waals surface area contributed by atoms with E-state index < -0.39 is 131 Å². The number of nitrogens with zero attached hydrogens (tertiary/aromatic N) is 2. The predicted octanol–water partition coefficient (Wildman–Crippen LogP) is 5.17.